The number of unbranched alkanes of at least 4 members (excludes halogenated alkanes) is 27. The first-order valence-corrected chi connectivity index (χ1v) is 32.4. The van der Waals surface area contributed by atoms with Gasteiger partial charge < -0.3 is 19.4 Å². The van der Waals surface area contributed by atoms with Gasteiger partial charge in [0, 0.05) is 12.8 Å². The lowest BCUT2D eigenvalue weighted by atomic mass is 10.0. The second-order valence-electron chi connectivity index (χ2n) is 21.9. The van der Waals surface area contributed by atoms with Gasteiger partial charge in [-0.2, -0.15) is 0 Å². The number of hydrogen-bond acceptors (Lipinski definition) is 6. The highest BCUT2D eigenvalue weighted by Crippen LogP contribution is 2.43. The van der Waals surface area contributed by atoms with Crippen LogP contribution < -0.4 is 5.32 Å². The Morgan fingerprint density at radius 3 is 1.28 bits per heavy atom. The highest BCUT2D eigenvalue weighted by molar-refractivity contribution is 7.47. The maximum Gasteiger partial charge on any atom is 0.472 e. The van der Waals surface area contributed by atoms with Crippen LogP contribution in [-0.2, 0) is 27.9 Å². The van der Waals surface area contributed by atoms with Gasteiger partial charge in [-0.05, 0) is 83.1 Å². The summed E-state index contributed by atoms with van der Waals surface area (Å²) < 4.78 is 30.6. The number of phosphoric ester groups is 1. The zero-order valence-corrected chi connectivity index (χ0v) is 50.4. The number of esters is 1. The van der Waals surface area contributed by atoms with E-state index in [9.17, 15) is 19.0 Å². The Bertz CT molecular complexity index is 1560. The number of quaternary nitrogens is 1. The van der Waals surface area contributed by atoms with E-state index in [2.05, 4.69) is 99.0 Å². The largest absolute Gasteiger partial charge is 0.472 e. The first kappa shape index (κ1) is 72.2. The van der Waals surface area contributed by atoms with E-state index in [0.717, 1.165) is 103 Å². The molecule has 0 radical (unpaired) electrons. The zero-order chi connectivity index (χ0) is 55.0. The predicted molar refractivity (Wildman–Crippen MR) is 323 cm³/mol. The summed E-state index contributed by atoms with van der Waals surface area (Å²) in [6, 6.07) is -0.860. The number of rotatable bonds is 55. The molecule has 75 heavy (non-hydrogen) atoms. The number of ether oxygens (including phenoxy) is 1. The number of carbonyl (C=O) groups excluding carboxylic acids is 2. The van der Waals surface area contributed by atoms with Crippen molar-refractivity contribution in [2.45, 2.75) is 277 Å². The molecule has 0 rings (SSSR count). The molecular weight excluding hydrogens is 952 g/mol. The van der Waals surface area contributed by atoms with Crippen LogP contribution in [0, 0.1) is 0 Å². The maximum absolute atomic E-state index is 13.5. The molecule has 2 N–H and O–H groups in total. The van der Waals surface area contributed by atoms with Gasteiger partial charge in [-0.1, -0.05) is 254 Å². The second kappa shape index (κ2) is 54.5. The lowest BCUT2D eigenvalue weighted by Crippen LogP contribution is -2.47. The van der Waals surface area contributed by atoms with Gasteiger partial charge in [0.05, 0.1) is 33.8 Å². The summed E-state index contributed by atoms with van der Waals surface area (Å²) in [5.41, 5.74) is 0. The summed E-state index contributed by atoms with van der Waals surface area (Å²) in [6.45, 7) is 6.88. The second-order valence-corrected chi connectivity index (χ2v) is 23.3. The average Bonchev–Trinajstić information content (AvgIpc) is 3.37. The molecule has 434 valence electrons. The fourth-order valence-electron chi connectivity index (χ4n) is 8.59. The third kappa shape index (κ3) is 55.7. The number of carbonyl (C=O) groups is 2. The van der Waals surface area contributed by atoms with Gasteiger partial charge in [-0.15, -0.1) is 0 Å². The van der Waals surface area contributed by atoms with Crippen molar-refractivity contribution < 1.29 is 37.3 Å². The third-order valence-corrected chi connectivity index (χ3v) is 14.3. The van der Waals surface area contributed by atoms with Crippen LogP contribution in [0.3, 0.4) is 0 Å². The van der Waals surface area contributed by atoms with Gasteiger partial charge in [-0.25, -0.2) is 4.57 Å². The van der Waals surface area contributed by atoms with E-state index in [4.69, 9.17) is 13.8 Å². The molecule has 0 aromatic heterocycles. The molecule has 10 heteroatoms. The Morgan fingerprint density at radius 1 is 0.480 bits per heavy atom. The van der Waals surface area contributed by atoms with Gasteiger partial charge in [0.2, 0.25) is 5.91 Å². The molecule has 0 aliphatic rings. The number of phosphoric acid groups is 1. The summed E-state index contributed by atoms with van der Waals surface area (Å²) in [7, 11) is 1.48. The van der Waals surface area contributed by atoms with Crippen LogP contribution in [0.25, 0.3) is 0 Å². The molecule has 0 fully saturated rings. The summed E-state index contributed by atoms with van der Waals surface area (Å²) in [5.74, 6) is -0.532. The van der Waals surface area contributed by atoms with Crippen molar-refractivity contribution in [3.63, 3.8) is 0 Å². The topological polar surface area (TPSA) is 111 Å². The van der Waals surface area contributed by atoms with Crippen molar-refractivity contribution >= 4 is 19.7 Å². The summed E-state index contributed by atoms with van der Waals surface area (Å²) >= 11 is 0. The van der Waals surface area contributed by atoms with E-state index in [1.807, 2.05) is 33.3 Å². The van der Waals surface area contributed by atoms with Gasteiger partial charge in [0.1, 0.15) is 19.3 Å². The predicted octanol–water partition coefficient (Wildman–Crippen LogP) is 19.0. The first-order valence-electron chi connectivity index (χ1n) is 30.9. The molecule has 0 spiro atoms. The van der Waals surface area contributed by atoms with Gasteiger partial charge >= 0.3 is 13.8 Å². The van der Waals surface area contributed by atoms with E-state index in [-0.39, 0.29) is 31.5 Å². The Kier molecular flexibility index (Phi) is 52.5. The van der Waals surface area contributed by atoms with E-state index >= 15 is 0 Å². The van der Waals surface area contributed by atoms with Gasteiger partial charge in [-0.3, -0.25) is 18.6 Å². The lowest BCUT2D eigenvalue weighted by molar-refractivity contribution is -0.870. The van der Waals surface area contributed by atoms with Crippen molar-refractivity contribution in [1.29, 1.82) is 0 Å². The minimum Gasteiger partial charge on any atom is -0.456 e. The molecule has 0 aromatic rings. The van der Waals surface area contributed by atoms with Crippen LogP contribution >= 0.6 is 7.82 Å². The average molecular weight is 1070 g/mol. The summed E-state index contributed by atoms with van der Waals surface area (Å²) in [5, 5.41) is 3.05. The van der Waals surface area contributed by atoms with Crippen LogP contribution in [0.2, 0.25) is 0 Å². The molecule has 0 saturated carbocycles. The molecule has 0 bridgehead atoms. The molecule has 0 aliphatic carbocycles. The number of allylic oxidation sites excluding steroid dienone is 13. The molecule has 3 unspecified atom stereocenters. The molecule has 0 aromatic carbocycles. The van der Waals surface area contributed by atoms with E-state index in [0.29, 0.717) is 23.9 Å². The van der Waals surface area contributed by atoms with E-state index < -0.39 is 20.0 Å². The van der Waals surface area contributed by atoms with Crippen LogP contribution in [0.4, 0.5) is 0 Å². The standard InChI is InChI=1S/C65H117N2O7P/c1-7-10-13-16-19-22-25-27-29-30-31-32-33-34-35-36-38-40-43-46-49-52-55-58-65(69)74-63(56-53-50-47-44-41-24-21-18-15-12-9-3)62(61-73-75(70,71)72-60-59-67(4,5)6)66-64(68)57-54-51-48-45-42-39-37-28-26-23-20-17-14-11-8-2/h10,13,19,22,27,29,31-32,34-35,38,40,53,56,62-63H,7-9,11-12,14-18,20-21,23-26,28,30,33,36-37,39,41-52,54-55,57-61H2,1-6H3,(H-,66,68,70,71)/p+1/b13-10-,22-19-,29-27-,32-31-,35-34-,40-38-,56-53+. The Morgan fingerprint density at radius 2 is 0.853 bits per heavy atom. The molecular formula is C65H118N2O7P+. The molecule has 0 saturated heterocycles. The summed E-state index contributed by atoms with van der Waals surface area (Å²) in [4.78, 5) is 37.7. The van der Waals surface area contributed by atoms with Crippen LogP contribution in [0.15, 0.2) is 85.1 Å². The highest BCUT2D eigenvalue weighted by Gasteiger charge is 2.30. The number of nitrogens with zero attached hydrogens (tertiary/aromatic N) is 1. The Labute approximate surface area is 463 Å². The molecule has 0 aliphatic heterocycles. The van der Waals surface area contributed by atoms with Gasteiger partial charge in [0.15, 0.2) is 0 Å². The van der Waals surface area contributed by atoms with Gasteiger partial charge in [0.25, 0.3) is 0 Å². The number of amides is 1. The highest BCUT2D eigenvalue weighted by atomic mass is 31.2. The first-order chi connectivity index (χ1) is 36.4. The fraction of sp³-hybridized carbons (Fsp3) is 0.754. The number of hydrogen-bond donors (Lipinski definition) is 2. The minimum absolute atomic E-state index is 0.0337. The van der Waals surface area contributed by atoms with E-state index in [1.165, 1.54) is 122 Å². The minimum atomic E-state index is -4.45. The summed E-state index contributed by atoms with van der Waals surface area (Å²) in [6.07, 6.45) is 71.5. The smallest absolute Gasteiger partial charge is 0.456 e. The van der Waals surface area contributed by atoms with Crippen LogP contribution in [0.5, 0.6) is 0 Å². The third-order valence-electron chi connectivity index (χ3n) is 13.3. The number of likely N-dealkylation sites (N-methyl/N-ethyl adjacent to an activating group) is 1. The fourth-order valence-corrected chi connectivity index (χ4v) is 9.33. The zero-order valence-electron chi connectivity index (χ0n) is 49.5. The van der Waals surface area contributed by atoms with Crippen molar-refractivity contribution in [3.05, 3.63) is 85.1 Å². The SMILES string of the molecule is CC/C=C\C/C=C\C/C=C\C/C=C\C/C=C\C/C=C\CCCCCCC(=O)OC(/C=C/CCCCCCCCCCC)C(COP(=O)(O)OCC[N+](C)(C)C)NC(=O)CCCCCCCCCCCCCCCCC. The quantitative estimate of drug-likeness (QED) is 0.0205. The van der Waals surface area contributed by atoms with Crippen molar-refractivity contribution in [2.75, 3.05) is 40.9 Å². The normalized spacial score (nSPS) is 14.3. The Hall–Kier alpha value is -2.81. The van der Waals surface area contributed by atoms with Crippen LogP contribution in [-0.4, -0.2) is 74.3 Å². The number of nitrogens with one attached hydrogen (secondary N) is 1. The Balaban J connectivity index is 5.25. The van der Waals surface area contributed by atoms with E-state index in [1.54, 1.807) is 0 Å². The van der Waals surface area contributed by atoms with Crippen LogP contribution in [0.1, 0.15) is 265 Å². The molecule has 1 amide bonds. The monoisotopic (exact) mass is 1070 g/mol. The lowest BCUT2D eigenvalue weighted by Gasteiger charge is -2.27. The maximum atomic E-state index is 13.5. The van der Waals surface area contributed by atoms with Crippen molar-refractivity contribution in [3.8, 4) is 0 Å². The van der Waals surface area contributed by atoms with Crippen molar-refractivity contribution in [2.24, 2.45) is 0 Å². The van der Waals surface area contributed by atoms with Crippen molar-refractivity contribution in [1.82, 2.24) is 5.32 Å². The molecule has 9 nitrogen and oxygen atoms in total. The molecule has 3 atom stereocenters. The molecule has 0 heterocycles.